The molecule has 0 bridgehead atoms. The van der Waals surface area contributed by atoms with Gasteiger partial charge in [0.1, 0.15) is 0 Å². The molecule has 3 aromatic rings. The lowest BCUT2D eigenvalue weighted by Crippen LogP contribution is -2.23. The van der Waals surface area contributed by atoms with Gasteiger partial charge in [0.05, 0.1) is 22.6 Å². The SMILES string of the molecule is Cc1cccc(-c2ccccc2C2CC(=O)c3c(C)nc(N)nc3C2)n1. The Morgan fingerprint density at radius 1 is 0.962 bits per heavy atom. The third-order valence-electron chi connectivity index (χ3n) is 4.90. The average molecular weight is 344 g/mol. The maximum atomic E-state index is 12.8. The monoisotopic (exact) mass is 344 g/mol. The van der Waals surface area contributed by atoms with Gasteiger partial charge in [0, 0.05) is 17.7 Å². The summed E-state index contributed by atoms with van der Waals surface area (Å²) in [4.78, 5) is 25.9. The lowest BCUT2D eigenvalue weighted by Gasteiger charge is -2.26. The smallest absolute Gasteiger partial charge is 0.220 e. The second-order valence-electron chi connectivity index (χ2n) is 6.77. The van der Waals surface area contributed by atoms with Gasteiger partial charge in [-0.3, -0.25) is 9.78 Å². The van der Waals surface area contributed by atoms with Crippen molar-refractivity contribution in [3.8, 4) is 11.3 Å². The highest BCUT2D eigenvalue weighted by molar-refractivity contribution is 6.00. The Bertz CT molecular complexity index is 1010. The van der Waals surface area contributed by atoms with Crippen LogP contribution in [0.4, 0.5) is 5.95 Å². The molecule has 0 fully saturated rings. The maximum absolute atomic E-state index is 12.8. The van der Waals surface area contributed by atoms with Crippen molar-refractivity contribution in [2.75, 3.05) is 5.73 Å². The summed E-state index contributed by atoms with van der Waals surface area (Å²) in [6.45, 7) is 3.80. The van der Waals surface area contributed by atoms with Crippen molar-refractivity contribution < 1.29 is 4.79 Å². The molecular formula is C21H20N4O. The first-order chi connectivity index (χ1) is 12.5. The van der Waals surface area contributed by atoms with Crippen molar-refractivity contribution in [1.82, 2.24) is 15.0 Å². The number of pyridine rings is 1. The van der Waals surface area contributed by atoms with Crippen LogP contribution in [0.25, 0.3) is 11.3 Å². The van der Waals surface area contributed by atoms with Gasteiger partial charge >= 0.3 is 0 Å². The van der Waals surface area contributed by atoms with Crippen LogP contribution in [0.1, 0.15) is 45.3 Å². The molecule has 4 rings (SSSR count). The number of hydrogen-bond donors (Lipinski definition) is 1. The van der Waals surface area contributed by atoms with Gasteiger partial charge < -0.3 is 5.73 Å². The molecule has 26 heavy (non-hydrogen) atoms. The van der Waals surface area contributed by atoms with E-state index in [9.17, 15) is 4.79 Å². The number of Topliss-reactive ketones (excluding diaryl/α,β-unsaturated/α-hetero) is 1. The molecular weight excluding hydrogens is 324 g/mol. The summed E-state index contributed by atoms with van der Waals surface area (Å²) in [5, 5.41) is 0. The van der Waals surface area contributed by atoms with E-state index in [1.165, 1.54) is 0 Å². The maximum Gasteiger partial charge on any atom is 0.220 e. The topological polar surface area (TPSA) is 81.8 Å². The van der Waals surface area contributed by atoms with Crippen molar-refractivity contribution in [3.63, 3.8) is 0 Å². The van der Waals surface area contributed by atoms with Crippen molar-refractivity contribution in [2.24, 2.45) is 0 Å². The predicted molar refractivity (Wildman–Crippen MR) is 101 cm³/mol. The molecule has 2 heterocycles. The molecule has 0 radical (unpaired) electrons. The number of nitrogens with zero attached hydrogens (tertiary/aromatic N) is 3. The lowest BCUT2D eigenvalue weighted by molar-refractivity contribution is 0.0962. The largest absolute Gasteiger partial charge is 0.368 e. The number of anilines is 1. The Labute approximate surface area is 152 Å². The van der Waals surface area contributed by atoms with E-state index in [2.05, 4.69) is 27.1 Å². The quantitative estimate of drug-likeness (QED) is 0.767. The van der Waals surface area contributed by atoms with Crippen LogP contribution in [0.15, 0.2) is 42.5 Å². The molecule has 130 valence electrons. The van der Waals surface area contributed by atoms with Gasteiger partial charge in [-0.15, -0.1) is 0 Å². The number of benzene rings is 1. The van der Waals surface area contributed by atoms with Crippen LogP contribution in [-0.4, -0.2) is 20.7 Å². The fourth-order valence-electron chi connectivity index (χ4n) is 3.80. The van der Waals surface area contributed by atoms with Crippen LogP contribution < -0.4 is 5.73 Å². The third-order valence-corrected chi connectivity index (χ3v) is 4.90. The molecule has 0 saturated carbocycles. The highest BCUT2D eigenvalue weighted by atomic mass is 16.1. The molecule has 0 spiro atoms. The molecule has 5 heteroatoms. The van der Waals surface area contributed by atoms with Gasteiger partial charge in [-0.05, 0) is 43.9 Å². The minimum absolute atomic E-state index is 0.0576. The Balaban J connectivity index is 1.79. The molecule has 1 aromatic carbocycles. The second kappa shape index (κ2) is 6.33. The van der Waals surface area contributed by atoms with E-state index in [4.69, 9.17) is 5.73 Å². The summed E-state index contributed by atoms with van der Waals surface area (Å²) < 4.78 is 0. The number of nitrogen functional groups attached to an aromatic ring is 1. The fraction of sp³-hybridized carbons (Fsp3) is 0.238. The van der Waals surface area contributed by atoms with Crippen LogP contribution >= 0.6 is 0 Å². The Morgan fingerprint density at radius 3 is 2.58 bits per heavy atom. The molecule has 1 aliphatic carbocycles. The van der Waals surface area contributed by atoms with E-state index in [0.717, 1.165) is 28.2 Å². The molecule has 0 amide bonds. The molecule has 1 unspecified atom stereocenters. The second-order valence-corrected chi connectivity index (χ2v) is 6.77. The summed E-state index contributed by atoms with van der Waals surface area (Å²) in [5.41, 5.74) is 12.0. The molecule has 1 atom stereocenters. The zero-order chi connectivity index (χ0) is 18.3. The van der Waals surface area contributed by atoms with Crippen LogP contribution in [0.3, 0.4) is 0 Å². The number of nitrogens with two attached hydrogens (primary N) is 1. The van der Waals surface area contributed by atoms with Gasteiger partial charge in [-0.1, -0.05) is 30.3 Å². The number of ketones is 1. The average Bonchev–Trinajstić information content (AvgIpc) is 2.60. The Kier molecular flexibility index (Phi) is 3.99. The number of carbonyl (C=O) groups is 1. The highest BCUT2D eigenvalue weighted by Gasteiger charge is 2.31. The number of fused-ring (bicyclic) bond motifs is 1. The molecule has 0 aliphatic heterocycles. The number of rotatable bonds is 2. The van der Waals surface area contributed by atoms with E-state index in [0.29, 0.717) is 24.1 Å². The minimum Gasteiger partial charge on any atom is -0.368 e. The van der Waals surface area contributed by atoms with Gasteiger partial charge in [0.15, 0.2) is 5.78 Å². The van der Waals surface area contributed by atoms with E-state index in [-0.39, 0.29) is 17.6 Å². The number of aromatic nitrogens is 3. The summed E-state index contributed by atoms with van der Waals surface area (Å²) in [5.74, 6) is 0.367. The van der Waals surface area contributed by atoms with E-state index in [1.807, 2.05) is 44.2 Å². The van der Waals surface area contributed by atoms with E-state index < -0.39 is 0 Å². The van der Waals surface area contributed by atoms with Crippen molar-refractivity contribution >= 4 is 11.7 Å². The van der Waals surface area contributed by atoms with Crippen molar-refractivity contribution in [2.45, 2.75) is 32.6 Å². The standard InChI is InChI=1S/C21H20N4O/c1-12-6-5-9-17(23-12)16-8-4-3-7-15(16)14-10-18-20(19(26)11-14)13(2)24-21(22)25-18/h3-9,14H,10-11H2,1-2H3,(H2,22,24,25). The predicted octanol–water partition coefficient (Wildman–Crippen LogP) is 3.65. The van der Waals surface area contributed by atoms with Crippen LogP contribution in [0.2, 0.25) is 0 Å². The number of aryl methyl sites for hydroxylation is 2. The zero-order valence-corrected chi connectivity index (χ0v) is 14.9. The van der Waals surface area contributed by atoms with Crippen LogP contribution in [0, 0.1) is 13.8 Å². The van der Waals surface area contributed by atoms with Crippen LogP contribution in [-0.2, 0) is 6.42 Å². The first-order valence-corrected chi connectivity index (χ1v) is 8.72. The highest BCUT2D eigenvalue weighted by Crippen LogP contribution is 2.37. The first kappa shape index (κ1) is 16.4. The molecule has 2 aromatic heterocycles. The van der Waals surface area contributed by atoms with Crippen molar-refractivity contribution in [3.05, 3.63) is 70.7 Å². The fourth-order valence-corrected chi connectivity index (χ4v) is 3.80. The summed E-state index contributed by atoms with van der Waals surface area (Å²) >= 11 is 0. The molecule has 2 N–H and O–H groups in total. The normalized spacial score (nSPS) is 16.4. The molecule has 0 saturated heterocycles. The molecule has 1 aliphatic rings. The Morgan fingerprint density at radius 2 is 1.77 bits per heavy atom. The van der Waals surface area contributed by atoms with Gasteiger partial charge in [-0.25, -0.2) is 9.97 Å². The van der Waals surface area contributed by atoms with Crippen LogP contribution in [0.5, 0.6) is 0 Å². The zero-order valence-electron chi connectivity index (χ0n) is 14.9. The van der Waals surface area contributed by atoms with Gasteiger partial charge in [-0.2, -0.15) is 0 Å². The van der Waals surface area contributed by atoms with Gasteiger partial charge in [0.25, 0.3) is 0 Å². The summed E-state index contributed by atoms with van der Waals surface area (Å²) in [7, 11) is 0. The summed E-state index contributed by atoms with van der Waals surface area (Å²) in [6.07, 6.45) is 1.13. The third kappa shape index (κ3) is 2.86. The summed E-state index contributed by atoms with van der Waals surface area (Å²) in [6, 6.07) is 14.2. The molecule has 5 nitrogen and oxygen atoms in total. The van der Waals surface area contributed by atoms with E-state index >= 15 is 0 Å². The number of hydrogen-bond acceptors (Lipinski definition) is 5. The number of carbonyl (C=O) groups excluding carboxylic acids is 1. The van der Waals surface area contributed by atoms with Gasteiger partial charge in [0.2, 0.25) is 5.95 Å². The lowest BCUT2D eigenvalue weighted by atomic mass is 9.79. The van der Waals surface area contributed by atoms with Crippen molar-refractivity contribution in [1.29, 1.82) is 0 Å². The first-order valence-electron chi connectivity index (χ1n) is 8.72. The minimum atomic E-state index is 0.0576. The van der Waals surface area contributed by atoms with E-state index in [1.54, 1.807) is 0 Å². The Hall–Kier alpha value is -3.08.